The van der Waals surface area contributed by atoms with E-state index in [1.165, 1.54) is 24.8 Å². The van der Waals surface area contributed by atoms with E-state index in [2.05, 4.69) is 30.2 Å². The first kappa shape index (κ1) is 29.1. The van der Waals surface area contributed by atoms with Crippen molar-refractivity contribution in [2.24, 2.45) is 29.6 Å². The molecule has 0 heterocycles. The van der Waals surface area contributed by atoms with Gasteiger partial charge in [-0.15, -0.1) is 0 Å². The van der Waals surface area contributed by atoms with Crippen LogP contribution in [0.15, 0.2) is 66.2 Å². The van der Waals surface area contributed by atoms with Crippen molar-refractivity contribution >= 4 is 17.6 Å². The molecule has 0 aliphatic heterocycles. The van der Waals surface area contributed by atoms with Gasteiger partial charge in [-0.1, -0.05) is 67.9 Å². The van der Waals surface area contributed by atoms with Gasteiger partial charge in [0.15, 0.2) is 0 Å². The molecule has 3 saturated carbocycles. The van der Waals surface area contributed by atoms with Crippen molar-refractivity contribution in [3.05, 3.63) is 71.8 Å². The van der Waals surface area contributed by atoms with Crippen LogP contribution in [0.2, 0.25) is 0 Å². The maximum absolute atomic E-state index is 12.5. The van der Waals surface area contributed by atoms with E-state index >= 15 is 0 Å². The van der Waals surface area contributed by atoms with Crippen LogP contribution in [0.1, 0.15) is 75.1 Å². The minimum Gasteiger partial charge on any atom is -0.427 e. The lowest BCUT2D eigenvalue weighted by atomic mass is 9.51. The van der Waals surface area contributed by atoms with E-state index in [0.29, 0.717) is 47.6 Å². The van der Waals surface area contributed by atoms with Crippen molar-refractivity contribution in [3.63, 3.8) is 0 Å². The molecule has 3 aliphatic rings. The molecule has 216 valence electrons. The number of aliphatic hydroxyl groups is 2. The monoisotopic (exact) mass is 555 g/mol. The molecule has 2 aromatic rings. The van der Waals surface area contributed by atoms with Crippen LogP contribution in [0.3, 0.4) is 0 Å². The zero-order valence-corrected chi connectivity index (χ0v) is 23.8. The van der Waals surface area contributed by atoms with E-state index in [-0.39, 0.29) is 30.1 Å². The summed E-state index contributed by atoms with van der Waals surface area (Å²) >= 11 is 0. The van der Waals surface area contributed by atoms with Gasteiger partial charge in [0, 0.05) is 17.7 Å². The van der Waals surface area contributed by atoms with Crippen LogP contribution < -0.4 is 10.1 Å². The molecule has 5 rings (SSSR count). The fourth-order valence-corrected chi connectivity index (χ4v) is 6.94. The van der Waals surface area contributed by atoms with E-state index in [1.807, 2.05) is 18.2 Å². The van der Waals surface area contributed by atoms with E-state index in [9.17, 15) is 19.8 Å². The van der Waals surface area contributed by atoms with Crippen LogP contribution in [-0.4, -0.2) is 34.3 Å². The molecule has 3 aliphatic carbocycles. The second-order valence-electron chi connectivity index (χ2n) is 11.8. The molecule has 0 bridgehead atoms. The van der Waals surface area contributed by atoms with Gasteiger partial charge in [-0.05, 0) is 92.2 Å². The number of hydrogen-bond acceptors (Lipinski definition) is 5. The maximum Gasteiger partial charge on any atom is 0.311 e. The summed E-state index contributed by atoms with van der Waals surface area (Å²) in [5, 5.41) is 24.2. The Hall–Kier alpha value is -3.40. The van der Waals surface area contributed by atoms with Gasteiger partial charge >= 0.3 is 5.97 Å². The summed E-state index contributed by atoms with van der Waals surface area (Å²) in [6.45, 7) is 2.19. The van der Waals surface area contributed by atoms with Crippen LogP contribution in [0, 0.1) is 41.4 Å². The topological polar surface area (TPSA) is 95.9 Å². The van der Waals surface area contributed by atoms with Crippen molar-refractivity contribution in [1.29, 1.82) is 0 Å². The lowest BCUT2D eigenvalue weighted by molar-refractivity contribution is -0.134. The fourth-order valence-electron chi connectivity index (χ4n) is 6.94. The maximum atomic E-state index is 12.5. The standard InChI is InChI=1S/C35H41NO5/c1-23-28(29-19-22-32(38)30(34(23)29)20-21-31(37)24-9-4-2-5-10-24)13-8-14-33(39)41-27-17-15-26(16-18-27)36-35(40)25-11-6-3-7-12-25/h3,6-7,11-13,15-18,23-24,29-32,34,37-38H,2,4-5,8-10,14,19,22H2,1H3,(H,36,40)/b28-13-/t23?,29-,30+,31?,32-,34+/m1/s1. The van der Waals surface area contributed by atoms with Gasteiger partial charge in [0.1, 0.15) is 11.9 Å². The van der Waals surface area contributed by atoms with Gasteiger partial charge in [0.05, 0.1) is 12.0 Å². The molecule has 0 saturated heterocycles. The minimum absolute atomic E-state index is 0.107. The molecule has 3 N–H and O–H groups in total. The molecule has 41 heavy (non-hydrogen) atoms. The molecule has 0 radical (unpaired) electrons. The zero-order valence-electron chi connectivity index (χ0n) is 23.8. The number of fused-ring (bicyclic) bond motifs is 1. The molecular weight excluding hydrogens is 514 g/mol. The van der Waals surface area contributed by atoms with Crippen molar-refractivity contribution < 1.29 is 24.5 Å². The number of carbonyl (C=O) groups excluding carboxylic acids is 2. The van der Waals surface area contributed by atoms with Crippen molar-refractivity contribution in [3.8, 4) is 17.6 Å². The molecule has 3 fully saturated rings. The third kappa shape index (κ3) is 7.09. The smallest absolute Gasteiger partial charge is 0.311 e. The lowest BCUT2D eigenvalue weighted by Crippen LogP contribution is -2.50. The minimum atomic E-state index is -0.594. The number of aliphatic hydroxyl groups excluding tert-OH is 2. The van der Waals surface area contributed by atoms with Crippen LogP contribution >= 0.6 is 0 Å². The zero-order chi connectivity index (χ0) is 28.8. The number of anilines is 1. The Bertz CT molecular complexity index is 1290. The predicted octanol–water partition coefficient (Wildman–Crippen LogP) is 6.15. The number of amides is 1. The van der Waals surface area contributed by atoms with Crippen LogP contribution in [-0.2, 0) is 4.79 Å². The number of carbonyl (C=O) groups is 2. The fraction of sp³-hybridized carbons (Fsp3) is 0.486. The Morgan fingerprint density at radius 2 is 1.76 bits per heavy atom. The molecular formula is C35H41NO5. The second kappa shape index (κ2) is 13.5. The van der Waals surface area contributed by atoms with E-state index in [0.717, 1.165) is 19.3 Å². The normalized spacial score (nSPS) is 27.5. The van der Waals surface area contributed by atoms with E-state index in [1.54, 1.807) is 36.4 Å². The highest BCUT2D eigenvalue weighted by molar-refractivity contribution is 6.04. The van der Waals surface area contributed by atoms with Crippen molar-refractivity contribution in [2.45, 2.75) is 76.9 Å². The van der Waals surface area contributed by atoms with Crippen LogP contribution in [0.5, 0.6) is 5.75 Å². The SMILES string of the molecule is CC1/C(=C/CCC(=O)Oc2ccc(NC(=O)c3ccccc3)cc2)[C@H]2CC[C@@H](O)[C@H](C#CC(O)C3CCCCC3)[C@@H]12. The van der Waals surface area contributed by atoms with Crippen molar-refractivity contribution in [1.82, 2.24) is 0 Å². The van der Waals surface area contributed by atoms with E-state index < -0.39 is 12.2 Å². The molecule has 6 heteroatoms. The number of nitrogens with one attached hydrogen (secondary N) is 1. The second-order valence-corrected chi connectivity index (χ2v) is 11.8. The number of hydrogen-bond donors (Lipinski definition) is 3. The van der Waals surface area contributed by atoms with Gasteiger partial charge in [-0.3, -0.25) is 9.59 Å². The molecule has 2 unspecified atom stereocenters. The molecule has 2 aromatic carbocycles. The lowest BCUT2D eigenvalue weighted by Gasteiger charge is -2.53. The molecule has 0 aromatic heterocycles. The Balaban J connectivity index is 1.10. The van der Waals surface area contributed by atoms with E-state index in [4.69, 9.17) is 4.74 Å². The molecule has 6 nitrogen and oxygen atoms in total. The summed E-state index contributed by atoms with van der Waals surface area (Å²) in [5.41, 5.74) is 2.55. The van der Waals surface area contributed by atoms with Crippen LogP contribution in [0.25, 0.3) is 0 Å². The summed E-state index contributed by atoms with van der Waals surface area (Å²) in [5.74, 6) is 7.50. The first-order chi connectivity index (χ1) is 19.9. The summed E-state index contributed by atoms with van der Waals surface area (Å²) in [7, 11) is 0. The Labute approximate surface area is 243 Å². The summed E-state index contributed by atoms with van der Waals surface area (Å²) in [4.78, 5) is 24.8. The first-order valence-electron chi connectivity index (χ1n) is 15.1. The average molecular weight is 556 g/mol. The third-order valence-corrected chi connectivity index (χ3v) is 9.20. The van der Waals surface area contributed by atoms with Gasteiger partial charge in [-0.2, -0.15) is 0 Å². The number of esters is 1. The Kier molecular flexibility index (Phi) is 9.59. The highest BCUT2D eigenvalue weighted by Gasteiger charge is 2.51. The Morgan fingerprint density at radius 3 is 2.49 bits per heavy atom. The molecule has 1 amide bonds. The molecule has 0 spiro atoms. The largest absolute Gasteiger partial charge is 0.427 e. The predicted molar refractivity (Wildman–Crippen MR) is 159 cm³/mol. The number of allylic oxidation sites excluding steroid dienone is 2. The number of rotatable bonds is 7. The quantitative estimate of drug-likeness (QED) is 0.165. The number of ether oxygens (including phenoxy) is 1. The first-order valence-corrected chi connectivity index (χ1v) is 15.1. The highest BCUT2D eigenvalue weighted by atomic mass is 16.5. The van der Waals surface area contributed by atoms with Gasteiger partial charge in [-0.25, -0.2) is 0 Å². The summed E-state index contributed by atoms with van der Waals surface area (Å²) in [6.07, 6.45) is 9.33. The van der Waals surface area contributed by atoms with Crippen LogP contribution in [0.4, 0.5) is 5.69 Å². The molecule has 6 atom stereocenters. The van der Waals surface area contributed by atoms with Gasteiger partial charge in [0.2, 0.25) is 0 Å². The van der Waals surface area contributed by atoms with Gasteiger partial charge in [0.25, 0.3) is 5.91 Å². The Morgan fingerprint density at radius 1 is 1.02 bits per heavy atom. The summed E-state index contributed by atoms with van der Waals surface area (Å²) < 4.78 is 5.51. The number of benzene rings is 2. The van der Waals surface area contributed by atoms with Gasteiger partial charge < -0.3 is 20.3 Å². The highest BCUT2D eigenvalue weighted by Crippen LogP contribution is 2.55. The summed E-state index contributed by atoms with van der Waals surface area (Å²) in [6, 6.07) is 15.8. The van der Waals surface area contributed by atoms with Crippen molar-refractivity contribution in [2.75, 3.05) is 5.32 Å². The third-order valence-electron chi connectivity index (χ3n) is 9.20. The average Bonchev–Trinajstić information content (AvgIpc) is 3.00.